The van der Waals surface area contributed by atoms with Crippen molar-refractivity contribution >= 4 is 5.97 Å². The fourth-order valence-corrected chi connectivity index (χ4v) is 0.987. The van der Waals surface area contributed by atoms with E-state index in [1.165, 1.54) is 0 Å². The Bertz CT molecular complexity index is 143. The summed E-state index contributed by atoms with van der Waals surface area (Å²) in [7, 11) is 0. The van der Waals surface area contributed by atoms with Crippen LogP contribution in [-0.4, -0.2) is 30.3 Å². The van der Waals surface area contributed by atoms with E-state index in [9.17, 15) is 4.79 Å². The van der Waals surface area contributed by atoms with Crippen molar-refractivity contribution in [2.75, 3.05) is 13.2 Å². The van der Waals surface area contributed by atoms with Crippen molar-refractivity contribution in [3.63, 3.8) is 0 Å². The standard InChI is InChI=1S/C9H20N2O3/c1-2-7-14-11-8(9(12)13)5-3-4-6-10/h8,11H,2-7,10H2,1H3,(H,12,13)/t8-/m0/s1. The average molecular weight is 204 g/mol. The minimum absolute atomic E-state index is 0.528. The van der Waals surface area contributed by atoms with Crippen LogP contribution in [0.3, 0.4) is 0 Å². The fourth-order valence-electron chi connectivity index (χ4n) is 0.987. The van der Waals surface area contributed by atoms with Crippen LogP contribution >= 0.6 is 0 Å². The summed E-state index contributed by atoms with van der Waals surface area (Å²) in [6.07, 6.45) is 3.06. The summed E-state index contributed by atoms with van der Waals surface area (Å²) in [5.74, 6) is -0.877. The molecule has 5 heteroatoms. The number of unbranched alkanes of at least 4 members (excludes halogenated alkanes) is 1. The van der Waals surface area contributed by atoms with Crippen LogP contribution in [0.1, 0.15) is 32.6 Å². The van der Waals surface area contributed by atoms with E-state index in [1.54, 1.807) is 0 Å². The van der Waals surface area contributed by atoms with Gasteiger partial charge in [-0.2, -0.15) is 5.48 Å². The first-order chi connectivity index (χ1) is 6.72. The molecular weight excluding hydrogens is 184 g/mol. The lowest BCUT2D eigenvalue weighted by Gasteiger charge is -2.13. The molecule has 0 unspecified atom stereocenters. The molecule has 4 N–H and O–H groups in total. The van der Waals surface area contributed by atoms with Crippen molar-refractivity contribution in [2.24, 2.45) is 5.73 Å². The molecular formula is C9H20N2O3. The van der Waals surface area contributed by atoms with Gasteiger partial charge in [-0.15, -0.1) is 0 Å². The van der Waals surface area contributed by atoms with Crippen molar-refractivity contribution in [1.29, 1.82) is 0 Å². The predicted molar refractivity (Wildman–Crippen MR) is 53.7 cm³/mol. The van der Waals surface area contributed by atoms with Gasteiger partial charge in [-0.05, 0) is 32.2 Å². The molecule has 0 aromatic heterocycles. The molecule has 0 fully saturated rings. The van der Waals surface area contributed by atoms with Crippen molar-refractivity contribution in [1.82, 2.24) is 5.48 Å². The number of hydrogen-bond acceptors (Lipinski definition) is 4. The van der Waals surface area contributed by atoms with Gasteiger partial charge in [0.1, 0.15) is 6.04 Å². The highest BCUT2D eigenvalue weighted by atomic mass is 16.6. The molecule has 0 aromatic rings. The van der Waals surface area contributed by atoms with Gasteiger partial charge < -0.3 is 15.7 Å². The van der Waals surface area contributed by atoms with E-state index in [-0.39, 0.29) is 0 Å². The minimum atomic E-state index is -0.877. The number of hydrogen-bond donors (Lipinski definition) is 3. The number of carboxylic acids is 1. The molecule has 0 aliphatic carbocycles. The SMILES string of the molecule is CCCON[C@@H](CCCCN)C(=O)O. The molecule has 0 aliphatic heterocycles. The topological polar surface area (TPSA) is 84.6 Å². The van der Waals surface area contributed by atoms with Gasteiger partial charge in [0, 0.05) is 0 Å². The van der Waals surface area contributed by atoms with Crippen molar-refractivity contribution < 1.29 is 14.7 Å². The largest absolute Gasteiger partial charge is 0.480 e. The van der Waals surface area contributed by atoms with E-state index in [2.05, 4.69) is 5.48 Å². The van der Waals surface area contributed by atoms with Gasteiger partial charge in [0.15, 0.2) is 0 Å². The molecule has 5 nitrogen and oxygen atoms in total. The summed E-state index contributed by atoms with van der Waals surface area (Å²) in [6.45, 7) is 3.09. The predicted octanol–water partition coefficient (Wildman–Crippen LogP) is 0.500. The van der Waals surface area contributed by atoms with Crippen LogP contribution in [0, 0.1) is 0 Å². The van der Waals surface area contributed by atoms with Crippen molar-refractivity contribution in [3.8, 4) is 0 Å². The lowest BCUT2D eigenvalue weighted by atomic mass is 10.1. The van der Waals surface area contributed by atoms with E-state index in [0.29, 0.717) is 19.6 Å². The molecule has 0 heterocycles. The Hall–Kier alpha value is -0.650. The molecule has 0 saturated carbocycles. The third-order valence-corrected chi connectivity index (χ3v) is 1.78. The Kier molecular flexibility index (Phi) is 8.51. The smallest absolute Gasteiger partial charge is 0.323 e. The maximum atomic E-state index is 10.7. The van der Waals surface area contributed by atoms with Gasteiger partial charge in [0.05, 0.1) is 6.61 Å². The van der Waals surface area contributed by atoms with E-state index in [1.807, 2.05) is 6.92 Å². The second-order valence-corrected chi connectivity index (χ2v) is 3.14. The number of hydroxylamine groups is 1. The normalized spacial score (nSPS) is 12.7. The van der Waals surface area contributed by atoms with Crippen LogP contribution in [0.2, 0.25) is 0 Å². The maximum absolute atomic E-state index is 10.7. The van der Waals surface area contributed by atoms with Crippen LogP contribution in [0.4, 0.5) is 0 Å². The molecule has 1 atom stereocenters. The Balaban J connectivity index is 3.61. The van der Waals surface area contributed by atoms with E-state index >= 15 is 0 Å². The lowest BCUT2D eigenvalue weighted by molar-refractivity contribution is -0.144. The average Bonchev–Trinajstić information content (AvgIpc) is 2.15. The molecule has 0 bridgehead atoms. The zero-order chi connectivity index (χ0) is 10.8. The summed E-state index contributed by atoms with van der Waals surface area (Å²) in [6, 6.07) is -0.618. The number of carbonyl (C=O) groups is 1. The zero-order valence-corrected chi connectivity index (χ0v) is 8.66. The Morgan fingerprint density at radius 1 is 1.57 bits per heavy atom. The lowest BCUT2D eigenvalue weighted by Crippen LogP contribution is -2.36. The second-order valence-electron chi connectivity index (χ2n) is 3.14. The highest BCUT2D eigenvalue weighted by Gasteiger charge is 2.15. The summed E-state index contributed by atoms with van der Waals surface area (Å²) in [5, 5.41) is 8.80. The summed E-state index contributed by atoms with van der Waals surface area (Å²) >= 11 is 0. The van der Waals surface area contributed by atoms with E-state index in [0.717, 1.165) is 19.3 Å². The highest BCUT2D eigenvalue weighted by molar-refractivity contribution is 5.73. The number of aliphatic carboxylic acids is 1. The summed E-state index contributed by atoms with van der Waals surface area (Å²) < 4.78 is 0. The third-order valence-electron chi connectivity index (χ3n) is 1.78. The van der Waals surface area contributed by atoms with Gasteiger partial charge in [-0.25, -0.2) is 0 Å². The highest BCUT2D eigenvalue weighted by Crippen LogP contribution is 2.00. The first kappa shape index (κ1) is 13.4. The molecule has 0 aliphatic rings. The van der Waals surface area contributed by atoms with Crippen LogP contribution in [0.25, 0.3) is 0 Å². The minimum Gasteiger partial charge on any atom is -0.480 e. The van der Waals surface area contributed by atoms with Gasteiger partial charge >= 0.3 is 5.97 Å². The maximum Gasteiger partial charge on any atom is 0.323 e. The molecule has 0 rings (SSSR count). The van der Waals surface area contributed by atoms with E-state index in [4.69, 9.17) is 15.7 Å². The van der Waals surface area contributed by atoms with Crippen molar-refractivity contribution in [3.05, 3.63) is 0 Å². The molecule has 14 heavy (non-hydrogen) atoms. The van der Waals surface area contributed by atoms with Gasteiger partial charge in [-0.3, -0.25) is 4.79 Å². The van der Waals surface area contributed by atoms with Gasteiger partial charge in [-0.1, -0.05) is 6.92 Å². The number of nitrogens with one attached hydrogen (secondary N) is 1. The molecule has 0 spiro atoms. The monoisotopic (exact) mass is 204 g/mol. The molecule has 0 amide bonds. The van der Waals surface area contributed by atoms with Crippen molar-refractivity contribution in [2.45, 2.75) is 38.6 Å². The summed E-state index contributed by atoms with van der Waals surface area (Å²) in [5.41, 5.74) is 7.85. The molecule has 0 saturated heterocycles. The Labute approximate surface area is 84.6 Å². The Morgan fingerprint density at radius 3 is 2.79 bits per heavy atom. The first-order valence-corrected chi connectivity index (χ1v) is 5.02. The molecule has 0 radical (unpaired) electrons. The van der Waals surface area contributed by atoms with Crippen LogP contribution in [0.15, 0.2) is 0 Å². The number of rotatable bonds is 9. The molecule has 84 valence electrons. The number of nitrogens with two attached hydrogens (primary N) is 1. The van der Waals surface area contributed by atoms with Gasteiger partial charge in [0.2, 0.25) is 0 Å². The second kappa shape index (κ2) is 8.93. The zero-order valence-electron chi connectivity index (χ0n) is 8.66. The third kappa shape index (κ3) is 6.82. The number of carboxylic acid groups (broad SMARTS) is 1. The first-order valence-electron chi connectivity index (χ1n) is 5.02. The van der Waals surface area contributed by atoms with E-state index < -0.39 is 12.0 Å². The van der Waals surface area contributed by atoms with Gasteiger partial charge in [0.25, 0.3) is 0 Å². The fraction of sp³-hybridized carbons (Fsp3) is 0.889. The summed E-state index contributed by atoms with van der Waals surface area (Å²) in [4.78, 5) is 15.7. The van der Waals surface area contributed by atoms with Crippen LogP contribution < -0.4 is 11.2 Å². The molecule has 0 aromatic carbocycles. The van der Waals surface area contributed by atoms with Crippen LogP contribution in [-0.2, 0) is 9.63 Å². The Morgan fingerprint density at radius 2 is 2.29 bits per heavy atom. The van der Waals surface area contributed by atoms with Crippen LogP contribution in [0.5, 0.6) is 0 Å². The quantitative estimate of drug-likeness (QED) is 0.376.